The van der Waals surface area contributed by atoms with Crippen molar-refractivity contribution in [2.45, 2.75) is 20.8 Å². The quantitative estimate of drug-likeness (QED) is 0.791. The van der Waals surface area contributed by atoms with Crippen LogP contribution in [-0.2, 0) is 0 Å². The molecular weight excluding hydrogens is 206 g/mol. The zero-order valence-electron chi connectivity index (χ0n) is 9.29. The second kappa shape index (κ2) is 3.42. The lowest BCUT2D eigenvalue weighted by atomic mass is 10.1. The van der Waals surface area contributed by atoms with Crippen molar-refractivity contribution in [3.05, 3.63) is 22.8 Å². The molecule has 0 aliphatic heterocycles. The summed E-state index contributed by atoms with van der Waals surface area (Å²) in [5, 5.41) is 8.75. The average Bonchev–Trinajstić information content (AvgIpc) is 2.69. The first kappa shape index (κ1) is 10.3. The van der Waals surface area contributed by atoms with E-state index in [2.05, 4.69) is 4.98 Å². The zero-order chi connectivity index (χ0) is 11.9. The Kier molecular flexibility index (Phi) is 2.20. The smallest absolute Gasteiger partial charge is 0.233 e. The van der Waals surface area contributed by atoms with Crippen LogP contribution < -0.4 is 5.73 Å². The Labute approximate surface area is 92.5 Å². The van der Waals surface area contributed by atoms with E-state index in [1.54, 1.807) is 0 Å². The predicted octanol–water partition coefficient (Wildman–Crippen LogP) is 2.31. The van der Waals surface area contributed by atoms with Crippen LogP contribution in [-0.4, -0.2) is 4.98 Å². The van der Waals surface area contributed by atoms with Crippen LogP contribution in [0.15, 0.2) is 8.83 Å². The fraction of sp³-hybridized carbons (Fsp3) is 0.273. The molecule has 2 heterocycles. The standard InChI is InChI=1S/C11H11N3O2/c1-5-6(2)15-7(3)9(5)11-14-8(4-12)10(13)16-11/h13H2,1-3H3. The highest BCUT2D eigenvalue weighted by atomic mass is 16.4. The SMILES string of the molecule is Cc1oc(C)c(-c2nc(C#N)c(N)o2)c1C. The summed E-state index contributed by atoms with van der Waals surface area (Å²) in [4.78, 5) is 4.02. The fourth-order valence-corrected chi connectivity index (χ4v) is 1.63. The molecule has 0 spiro atoms. The third-order valence-corrected chi connectivity index (χ3v) is 2.53. The normalized spacial score (nSPS) is 10.4. The van der Waals surface area contributed by atoms with E-state index in [9.17, 15) is 0 Å². The molecule has 0 atom stereocenters. The van der Waals surface area contributed by atoms with Crippen molar-refractivity contribution in [3.63, 3.8) is 0 Å². The molecule has 2 rings (SSSR count). The second-order valence-electron chi connectivity index (χ2n) is 3.56. The van der Waals surface area contributed by atoms with Gasteiger partial charge in [-0.15, -0.1) is 0 Å². The lowest BCUT2D eigenvalue weighted by molar-refractivity contribution is 0.501. The molecule has 2 N–H and O–H groups in total. The predicted molar refractivity (Wildman–Crippen MR) is 57.5 cm³/mol. The van der Waals surface area contributed by atoms with Crippen LogP contribution >= 0.6 is 0 Å². The van der Waals surface area contributed by atoms with Gasteiger partial charge < -0.3 is 14.6 Å². The summed E-state index contributed by atoms with van der Waals surface area (Å²) >= 11 is 0. The Morgan fingerprint density at radius 1 is 1.19 bits per heavy atom. The average molecular weight is 217 g/mol. The molecule has 0 bridgehead atoms. The molecule has 2 aromatic rings. The van der Waals surface area contributed by atoms with E-state index in [1.807, 2.05) is 26.8 Å². The number of nitrogens with two attached hydrogens (primary N) is 1. The number of hydrogen-bond acceptors (Lipinski definition) is 5. The number of rotatable bonds is 1. The summed E-state index contributed by atoms with van der Waals surface area (Å²) in [6.07, 6.45) is 0. The highest BCUT2D eigenvalue weighted by molar-refractivity contribution is 5.64. The third-order valence-electron chi connectivity index (χ3n) is 2.53. The van der Waals surface area contributed by atoms with Gasteiger partial charge >= 0.3 is 0 Å². The van der Waals surface area contributed by atoms with Gasteiger partial charge in [0.2, 0.25) is 17.5 Å². The van der Waals surface area contributed by atoms with E-state index in [-0.39, 0.29) is 11.6 Å². The molecule has 0 aliphatic carbocycles. The van der Waals surface area contributed by atoms with E-state index >= 15 is 0 Å². The first-order valence-corrected chi connectivity index (χ1v) is 4.78. The van der Waals surface area contributed by atoms with Crippen molar-refractivity contribution in [1.29, 1.82) is 5.26 Å². The molecule has 0 fully saturated rings. The van der Waals surface area contributed by atoms with Gasteiger partial charge in [0, 0.05) is 5.56 Å². The first-order chi connectivity index (χ1) is 7.54. The molecule has 5 nitrogen and oxygen atoms in total. The highest BCUT2D eigenvalue weighted by Gasteiger charge is 2.20. The van der Waals surface area contributed by atoms with Crippen molar-refractivity contribution in [2.75, 3.05) is 5.73 Å². The molecule has 0 saturated heterocycles. The number of furan rings is 1. The van der Waals surface area contributed by atoms with E-state index in [0.29, 0.717) is 11.7 Å². The number of aryl methyl sites for hydroxylation is 2. The molecule has 0 amide bonds. The maximum atomic E-state index is 8.75. The monoisotopic (exact) mass is 217 g/mol. The van der Waals surface area contributed by atoms with Gasteiger partial charge in [-0.2, -0.15) is 10.2 Å². The Balaban J connectivity index is 2.64. The molecule has 16 heavy (non-hydrogen) atoms. The van der Waals surface area contributed by atoms with Crippen LogP contribution in [0.4, 0.5) is 5.88 Å². The summed E-state index contributed by atoms with van der Waals surface area (Å²) in [7, 11) is 0. The fourth-order valence-electron chi connectivity index (χ4n) is 1.63. The van der Waals surface area contributed by atoms with Crippen molar-refractivity contribution in [2.24, 2.45) is 0 Å². The van der Waals surface area contributed by atoms with Crippen LogP contribution in [0, 0.1) is 32.1 Å². The summed E-state index contributed by atoms with van der Waals surface area (Å²) in [5.74, 6) is 1.89. The zero-order valence-corrected chi connectivity index (χ0v) is 9.29. The number of anilines is 1. The molecule has 5 heteroatoms. The molecule has 0 saturated carbocycles. The van der Waals surface area contributed by atoms with E-state index < -0.39 is 0 Å². The van der Waals surface area contributed by atoms with Crippen molar-refractivity contribution < 1.29 is 8.83 Å². The number of hydrogen-bond donors (Lipinski definition) is 1. The Hall–Kier alpha value is -2.22. The molecule has 0 radical (unpaired) electrons. The summed E-state index contributed by atoms with van der Waals surface area (Å²) in [6, 6.07) is 1.87. The number of nitrogens with zero attached hydrogens (tertiary/aromatic N) is 2. The summed E-state index contributed by atoms with van der Waals surface area (Å²) in [5.41, 5.74) is 7.33. The maximum absolute atomic E-state index is 8.75. The van der Waals surface area contributed by atoms with Gasteiger partial charge in [0.25, 0.3) is 0 Å². The van der Waals surface area contributed by atoms with Gasteiger partial charge in [0.05, 0.1) is 5.56 Å². The minimum Gasteiger partial charge on any atom is -0.466 e. The number of nitriles is 1. The number of oxazole rings is 1. The van der Waals surface area contributed by atoms with E-state index in [4.69, 9.17) is 19.8 Å². The summed E-state index contributed by atoms with van der Waals surface area (Å²) < 4.78 is 10.7. The minimum absolute atomic E-state index is 0.0372. The molecule has 82 valence electrons. The summed E-state index contributed by atoms with van der Waals surface area (Å²) in [6.45, 7) is 5.60. The number of aromatic nitrogens is 1. The van der Waals surface area contributed by atoms with Crippen molar-refractivity contribution in [1.82, 2.24) is 4.98 Å². The van der Waals surface area contributed by atoms with Crippen LogP contribution in [0.3, 0.4) is 0 Å². The highest BCUT2D eigenvalue weighted by Crippen LogP contribution is 2.32. The molecule has 0 unspecified atom stereocenters. The van der Waals surface area contributed by atoms with Crippen molar-refractivity contribution in [3.8, 4) is 17.5 Å². The van der Waals surface area contributed by atoms with Crippen LogP contribution in [0.5, 0.6) is 0 Å². The minimum atomic E-state index is 0.0372. The molecular formula is C11H11N3O2. The topological polar surface area (TPSA) is 89.0 Å². The van der Waals surface area contributed by atoms with Gasteiger partial charge in [-0.05, 0) is 20.8 Å². The number of nitrogen functional groups attached to an aromatic ring is 1. The largest absolute Gasteiger partial charge is 0.466 e. The molecule has 0 aromatic carbocycles. The van der Waals surface area contributed by atoms with E-state index in [0.717, 1.165) is 16.9 Å². The molecule has 0 aliphatic rings. The van der Waals surface area contributed by atoms with Crippen LogP contribution in [0.25, 0.3) is 11.5 Å². The third kappa shape index (κ3) is 1.36. The lowest BCUT2D eigenvalue weighted by Gasteiger charge is -1.93. The van der Waals surface area contributed by atoms with Crippen LogP contribution in [0.2, 0.25) is 0 Å². The Morgan fingerprint density at radius 2 is 1.88 bits per heavy atom. The van der Waals surface area contributed by atoms with Gasteiger partial charge in [0.15, 0.2) is 0 Å². The van der Waals surface area contributed by atoms with E-state index in [1.165, 1.54) is 0 Å². The Morgan fingerprint density at radius 3 is 2.31 bits per heavy atom. The van der Waals surface area contributed by atoms with Gasteiger partial charge in [-0.1, -0.05) is 0 Å². The Bertz CT molecular complexity index is 587. The lowest BCUT2D eigenvalue weighted by Crippen LogP contribution is -1.84. The van der Waals surface area contributed by atoms with Crippen LogP contribution in [0.1, 0.15) is 22.8 Å². The first-order valence-electron chi connectivity index (χ1n) is 4.78. The maximum Gasteiger partial charge on any atom is 0.233 e. The molecule has 2 aromatic heterocycles. The van der Waals surface area contributed by atoms with Crippen molar-refractivity contribution >= 4 is 5.88 Å². The van der Waals surface area contributed by atoms with Gasteiger partial charge in [-0.3, -0.25) is 0 Å². The van der Waals surface area contributed by atoms with Gasteiger partial charge in [-0.25, -0.2) is 0 Å². The second-order valence-corrected chi connectivity index (χ2v) is 3.56. The van der Waals surface area contributed by atoms with Gasteiger partial charge in [0.1, 0.15) is 17.6 Å².